The molecule has 0 bridgehead atoms. The maximum Gasteiger partial charge on any atom is 0.355 e. The first-order valence-electron chi connectivity index (χ1n) is 8.11. The van der Waals surface area contributed by atoms with Gasteiger partial charge < -0.3 is 9.72 Å². The van der Waals surface area contributed by atoms with Crippen LogP contribution in [-0.2, 0) is 4.74 Å². The van der Waals surface area contributed by atoms with Gasteiger partial charge in [-0.05, 0) is 62.0 Å². The van der Waals surface area contributed by atoms with Crippen LogP contribution in [0.2, 0.25) is 0 Å². The fourth-order valence-electron chi connectivity index (χ4n) is 3.59. The van der Waals surface area contributed by atoms with Gasteiger partial charge in [-0.2, -0.15) is 0 Å². The average molecular weight is 275 g/mol. The Morgan fingerprint density at radius 3 is 2.55 bits per heavy atom. The first kappa shape index (κ1) is 13.7. The Kier molecular flexibility index (Phi) is 4.13. The quantitative estimate of drug-likeness (QED) is 0.830. The first-order valence-corrected chi connectivity index (χ1v) is 8.11. The second-order valence-electron chi connectivity index (χ2n) is 6.62. The molecular weight excluding hydrogens is 250 g/mol. The van der Waals surface area contributed by atoms with Gasteiger partial charge >= 0.3 is 5.97 Å². The van der Waals surface area contributed by atoms with Crippen LogP contribution in [0.15, 0.2) is 12.3 Å². The second kappa shape index (κ2) is 6.02. The Morgan fingerprint density at radius 2 is 1.85 bits per heavy atom. The molecular formula is C17H25NO2. The Labute approximate surface area is 121 Å². The fourth-order valence-corrected chi connectivity index (χ4v) is 3.59. The molecule has 2 aliphatic carbocycles. The van der Waals surface area contributed by atoms with Crippen LogP contribution in [-0.4, -0.2) is 17.1 Å². The summed E-state index contributed by atoms with van der Waals surface area (Å²) in [6.45, 7) is 2.27. The molecule has 20 heavy (non-hydrogen) atoms. The normalized spacial score (nSPS) is 27.6. The van der Waals surface area contributed by atoms with E-state index in [4.69, 9.17) is 4.74 Å². The molecule has 0 radical (unpaired) electrons. The number of rotatable bonds is 3. The van der Waals surface area contributed by atoms with Crippen LogP contribution in [0.4, 0.5) is 0 Å². The number of aromatic amines is 1. The molecule has 2 aliphatic rings. The lowest BCUT2D eigenvalue weighted by Gasteiger charge is -2.25. The molecule has 0 amide bonds. The topological polar surface area (TPSA) is 42.1 Å². The SMILES string of the molecule is CC1CCC(OC(=O)c2cc(C3CCCC3)c[nH]2)CC1. The smallest absolute Gasteiger partial charge is 0.355 e. The second-order valence-corrected chi connectivity index (χ2v) is 6.62. The van der Waals surface area contributed by atoms with E-state index in [1.807, 2.05) is 12.3 Å². The minimum absolute atomic E-state index is 0.122. The number of esters is 1. The van der Waals surface area contributed by atoms with Gasteiger partial charge in [0.05, 0.1) is 0 Å². The third-order valence-corrected chi connectivity index (χ3v) is 4.99. The van der Waals surface area contributed by atoms with E-state index >= 15 is 0 Å². The molecule has 110 valence electrons. The third-order valence-electron chi connectivity index (χ3n) is 4.99. The fraction of sp³-hybridized carbons (Fsp3) is 0.706. The molecule has 1 aromatic rings. The summed E-state index contributed by atoms with van der Waals surface area (Å²) in [4.78, 5) is 15.3. The van der Waals surface area contributed by atoms with Crippen molar-refractivity contribution in [2.45, 2.75) is 70.3 Å². The molecule has 1 N–H and O–H groups in total. The van der Waals surface area contributed by atoms with Crippen molar-refractivity contribution in [3.05, 3.63) is 23.5 Å². The van der Waals surface area contributed by atoms with Crippen LogP contribution < -0.4 is 0 Å². The van der Waals surface area contributed by atoms with Crippen molar-refractivity contribution in [3.8, 4) is 0 Å². The van der Waals surface area contributed by atoms with Crippen molar-refractivity contribution in [1.82, 2.24) is 4.98 Å². The molecule has 3 rings (SSSR count). The highest BCUT2D eigenvalue weighted by atomic mass is 16.5. The minimum Gasteiger partial charge on any atom is -0.458 e. The van der Waals surface area contributed by atoms with Gasteiger partial charge in [0.2, 0.25) is 0 Å². The van der Waals surface area contributed by atoms with E-state index in [0.29, 0.717) is 11.6 Å². The highest BCUT2D eigenvalue weighted by molar-refractivity contribution is 5.87. The van der Waals surface area contributed by atoms with Crippen LogP contribution in [0.5, 0.6) is 0 Å². The number of ether oxygens (including phenoxy) is 1. The highest BCUT2D eigenvalue weighted by Crippen LogP contribution is 2.34. The largest absolute Gasteiger partial charge is 0.458 e. The zero-order chi connectivity index (χ0) is 13.9. The van der Waals surface area contributed by atoms with Gasteiger partial charge in [0.1, 0.15) is 11.8 Å². The van der Waals surface area contributed by atoms with Gasteiger partial charge in [-0.3, -0.25) is 0 Å². The summed E-state index contributed by atoms with van der Waals surface area (Å²) in [5, 5.41) is 0. The maximum absolute atomic E-state index is 12.2. The number of carbonyl (C=O) groups excluding carboxylic acids is 1. The standard InChI is InChI=1S/C17H25NO2/c1-12-6-8-15(9-7-12)20-17(19)16-10-14(11-18-16)13-4-2-3-5-13/h10-13,15,18H,2-9H2,1H3. The molecule has 1 heterocycles. The molecule has 0 unspecified atom stereocenters. The van der Waals surface area contributed by atoms with E-state index in [-0.39, 0.29) is 12.1 Å². The summed E-state index contributed by atoms with van der Waals surface area (Å²) in [6.07, 6.45) is 11.6. The summed E-state index contributed by atoms with van der Waals surface area (Å²) in [5.41, 5.74) is 1.91. The van der Waals surface area contributed by atoms with E-state index < -0.39 is 0 Å². The van der Waals surface area contributed by atoms with Crippen molar-refractivity contribution >= 4 is 5.97 Å². The van der Waals surface area contributed by atoms with Gasteiger partial charge in [0, 0.05) is 6.20 Å². The Bertz CT molecular complexity index is 451. The zero-order valence-corrected chi connectivity index (χ0v) is 12.4. The summed E-state index contributed by atoms with van der Waals surface area (Å²) >= 11 is 0. The molecule has 0 aromatic carbocycles. The molecule has 0 saturated heterocycles. The monoisotopic (exact) mass is 275 g/mol. The molecule has 3 nitrogen and oxygen atoms in total. The molecule has 0 spiro atoms. The van der Waals surface area contributed by atoms with Crippen molar-refractivity contribution < 1.29 is 9.53 Å². The summed E-state index contributed by atoms with van der Waals surface area (Å²) in [6, 6.07) is 2.00. The number of nitrogens with one attached hydrogen (secondary N) is 1. The number of H-pyrrole nitrogens is 1. The average Bonchev–Trinajstić information content (AvgIpc) is 3.11. The first-order chi connectivity index (χ1) is 9.72. The number of aromatic nitrogens is 1. The zero-order valence-electron chi connectivity index (χ0n) is 12.4. The van der Waals surface area contributed by atoms with E-state index in [0.717, 1.165) is 18.8 Å². The Hall–Kier alpha value is -1.25. The van der Waals surface area contributed by atoms with Crippen molar-refractivity contribution in [3.63, 3.8) is 0 Å². The maximum atomic E-state index is 12.2. The predicted molar refractivity (Wildman–Crippen MR) is 78.8 cm³/mol. The van der Waals surface area contributed by atoms with Crippen LogP contribution in [0.1, 0.15) is 80.3 Å². The number of carbonyl (C=O) groups is 1. The molecule has 0 aliphatic heterocycles. The van der Waals surface area contributed by atoms with E-state index in [1.165, 1.54) is 44.1 Å². The van der Waals surface area contributed by atoms with Crippen LogP contribution in [0.25, 0.3) is 0 Å². The van der Waals surface area contributed by atoms with Gasteiger partial charge in [-0.25, -0.2) is 4.79 Å². The minimum atomic E-state index is -0.172. The molecule has 3 heteroatoms. The van der Waals surface area contributed by atoms with E-state index in [9.17, 15) is 4.79 Å². The molecule has 2 fully saturated rings. The molecule has 0 atom stereocenters. The van der Waals surface area contributed by atoms with E-state index in [2.05, 4.69) is 11.9 Å². The number of hydrogen-bond acceptors (Lipinski definition) is 2. The van der Waals surface area contributed by atoms with Crippen molar-refractivity contribution in [2.24, 2.45) is 5.92 Å². The van der Waals surface area contributed by atoms with Crippen LogP contribution in [0, 0.1) is 5.92 Å². The predicted octanol–water partition coefficient (Wildman–Crippen LogP) is 4.41. The summed E-state index contributed by atoms with van der Waals surface area (Å²) < 4.78 is 5.63. The van der Waals surface area contributed by atoms with Crippen molar-refractivity contribution in [2.75, 3.05) is 0 Å². The Balaban J connectivity index is 1.57. The van der Waals surface area contributed by atoms with Crippen LogP contribution >= 0.6 is 0 Å². The lowest BCUT2D eigenvalue weighted by molar-refractivity contribution is 0.0168. The Morgan fingerprint density at radius 1 is 1.15 bits per heavy atom. The van der Waals surface area contributed by atoms with E-state index in [1.54, 1.807) is 0 Å². The third kappa shape index (κ3) is 3.08. The van der Waals surface area contributed by atoms with Gasteiger partial charge in [-0.1, -0.05) is 19.8 Å². The molecule has 2 saturated carbocycles. The molecule has 1 aromatic heterocycles. The number of hydrogen-bond donors (Lipinski definition) is 1. The van der Waals surface area contributed by atoms with Gasteiger partial charge in [-0.15, -0.1) is 0 Å². The van der Waals surface area contributed by atoms with Gasteiger partial charge in [0.25, 0.3) is 0 Å². The lowest BCUT2D eigenvalue weighted by atomic mass is 9.89. The summed E-state index contributed by atoms with van der Waals surface area (Å²) in [5.74, 6) is 1.25. The lowest BCUT2D eigenvalue weighted by Crippen LogP contribution is -2.23. The van der Waals surface area contributed by atoms with Crippen molar-refractivity contribution in [1.29, 1.82) is 0 Å². The van der Waals surface area contributed by atoms with Gasteiger partial charge in [0.15, 0.2) is 0 Å². The highest BCUT2D eigenvalue weighted by Gasteiger charge is 2.24. The van der Waals surface area contributed by atoms with Crippen LogP contribution in [0.3, 0.4) is 0 Å². The summed E-state index contributed by atoms with van der Waals surface area (Å²) in [7, 11) is 0.